The van der Waals surface area contributed by atoms with Crippen LogP contribution in [0.3, 0.4) is 0 Å². The van der Waals surface area contributed by atoms with Crippen molar-refractivity contribution < 1.29 is 14.7 Å². The molecule has 2 amide bonds. The summed E-state index contributed by atoms with van der Waals surface area (Å²) in [4.78, 5) is 28.4. The number of para-hydroxylation sites is 1. The van der Waals surface area contributed by atoms with E-state index in [-0.39, 0.29) is 18.2 Å². The molecule has 0 bridgehead atoms. The van der Waals surface area contributed by atoms with Gasteiger partial charge in [-0.2, -0.15) is 0 Å². The van der Waals surface area contributed by atoms with E-state index < -0.39 is 5.60 Å². The van der Waals surface area contributed by atoms with Gasteiger partial charge in [0.05, 0.1) is 12.0 Å². The van der Waals surface area contributed by atoms with Crippen molar-refractivity contribution >= 4 is 17.5 Å². The molecular formula is C20H29N3O3. The lowest BCUT2D eigenvalue weighted by Crippen LogP contribution is -2.51. The number of carbonyl (C=O) groups excluding carboxylic acids is 2. The average molecular weight is 359 g/mol. The molecule has 1 saturated heterocycles. The predicted octanol–water partition coefficient (Wildman–Crippen LogP) is 1.32. The highest BCUT2D eigenvalue weighted by molar-refractivity contribution is 5.94. The third-order valence-corrected chi connectivity index (χ3v) is 5.46. The van der Waals surface area contributed by atoms with E-state index in [0.717, 1.165) is 38.0 Å². The van der Waals surface area contributed by atoms with Gasteiger partial charge < -0.3 is 15.3 Å². The van der Waals surface area contributed by atoms with Crippen LogP contribution in [-0.4, -0.2) is 60.6 Å². The van der Waals surface area contributed by atoms with Crippen molar-refractivity contribution in [1.82, 2.24) is 10.2 Å². The zero-order valence-electron chi connectivity index (χ0n) is 15.5. The van der Waals surface area contributed by atoms with Gasteiger partial charge in [0.2, 0.25) is 11.8 Å². The third-order valence-electron chi connectivity index (χ3n) is 5.46. The van der Waals surface area contributed by atoms with E-state index in [4.69, 9.17) is 0 Å². The van der Waals surface area contributed by atoms with E-state index in [1.54, 1.807) is 7.05 Å². The number of carbonyl (C=O) groups is 2. The molecule has 26 heavy (non-hydrogen) atoms. The first kappa shape index (κ1) is 18.9. The number of hydrogen-bond acceptors (Lipinski definition) is 4. The average Bonchev–Trinajstić information content (AvgIpc) is 2.65. The van der Waals surface area contributed by atoms with Crippen LogP contribution in [0.4, 0.5) is 5.69 Å². The van der Waals surface area contributed by atoms with Gasteiger partial charge in [-0.25, -0.2) is 0 Å². The number of hydrogen-bond donors (Lipinski definition) is 2. The Balaban J connectivity index is 1.56. The summed E-state index contributed by atoms with van der Waals surface area (Å²) >= 11 is 0. The molecule has 1 unspecified atom stereocenters. The highest BCUT2D eigenvalue weighted by Gasteiger charge is 2.35. The van der Waals surface area contributed by atoms with Gasteiger partial charge in [-0.3, -0.25) is 14.5 Å². The molecule has 0 aromatic heterocycles. The molecule has 1 aromatic rings. The maximum absolute atomic E-state index is 12.8. The summed E-state index contributed by atoms with van der Waals surface area (Å²) in [5.74, 6) is -0.00656. The van der Waals surface area contributed by atoms with Crippen LogP contribution in [-0.2, 0) is 16.0 Å². The van der Waals surface area contributed by atoms with E-state index in [1.807, 2.05) is 23.1 Å². The van der Waals surface area contributed by atoms with Crippen molar-refractivity contribution in [3.05, 3.63) is 29.8 Å². The van der Waals surface area contributed by atoms with E-state index >= 15 is 0 Å². The number of β-amino-alcohol motifs (C(OH)–C–C–N with tert-alkyl or cyclic N) is 1. The Hall–Kier alpha value is -1.92. The Morgan fingerprint density at radius 2 is 2.04 bits per heavy atom. The standard InChI is InChI=1S/C20H29N3O3/c1-21-18(24)14-20(26)10-5-11-22(15-20)13-9-19(25)23-12-4-7-16-6-2-3-8-17(16)23/h2-3,6,8,26H,4-5,7,9-15H2,1H3,(H,21,24). The first-order valence-corrected chi connectivity index (χ1v) is 9.54. The first-order chi connectivity index (χ1) is 12.5. The number of likely N-dealkylation sites (tertiary alicyclic amines) is 1. The second-order valence-corrected chi connectivity index (χ2v) is 7.48. The second kappa shape index (κ2) is 8.18. The lowest BCUT2D eigenvalue weighted by Gasteiger charge is -2.39. The monoisotopic (exact) mass is 359 g/mol. The van der Waals surface area contributed by atoms with Crippen molar-refractivity contribution in [3.8, 4) is 0 Å². The summed E-state index contributed by atoms with van der Waals surface area (Å²) in [5.41, 5.74) is 1.29. The van der Waals surface area contributed by atoms with E-state index in [1.165, 1.54) is 5.56 Å². The molecule has 1 aromatic carbocycles. The fourth-order valence-electron chi connectivity index (χ4n) is 4.11. The Bertz CT molecular complexity index is 663. The van der Waals surface area contributed by atoms with Gasteiger partial charge in [0.15, 0.2) is 0 Å². The third kappa shape index (κ3) is 4.43. The molecule has 1 atom stereocenters. The molecule has 2 aliphatic heterocycles. The van der Waals surface area contributed by atoms with Crippen molar-refractivity contribution in [2.75, 3.05) is 38.1 Å². The number of benzene rings is 1. The number of fused-ring (bicyclic) bond motifs is 1. The van der Waals surface area contributed by atoms with Gasteiger partial charge in [0, 0.05) is 38.8 Å². The topological polar surface area (TPSA) is 72.9 Å². The lowest BCUT2D eigenvalue weighted by molar-refractivity contribution is -0.129. The van der Waals surface area contributed by atoms with Crippen molar-refractivity contribution in [1.29, 1.82) is 0 Å². The van der Waals surface area contributed by atoms with Crippen LogP contribution in [0.5, 0.6) is 0 Å². The Labute approximate surface area is 155 Å². The zero-order chi connectivity index (χ0) is 18.6. The highest BCUT2D eigenvalue weighted by atomic mass is 16.3. The predicted molar refractivity (Wildman–Crippen MR) is 101 cm³/mol. The Morgan fingerprint density at radius 1 is 1.23 bits per heavy atom. The number of aliphatic hydroxyl groups is 1. The van der Waals surface area contributed by atoms with Crippen molar-refractivity contribution in [2.24, 2.45) is 0 Å². The molecule has 6 nitrogen and oxygen atoms in total. The number of nitrogens with one attached hydrogen (secondary N) is 1. The molecule has 0 saturated carbocycles. The number of nitrogens with zero attached hydrogens (tertiary/aromatic N) is 2. The molecule has 1 fully saturated rings. The molecule has 2 aliphatic rings. The smallest absolute Gasteiger partial charge is 0.228 e. The quantitative estimate of drug-likeness (QED) is 0.832. The van der Waals surface area contributed by atoms with Gasteiger partial charge in [0.25, 0.3) is 0 Å². The van der Waals surface area contributed by atoms with Crippen LogP contribution in [0.1, 0.15) is 37.7 Å². The van der Waals surface area contributed by atoms with Gasteiger partial charge in [0.1, 0.15) is 0 Å². The van der Waals surface area contributed by atoms with Crippen molar-refractivity contribution in [3.63, 3.8) is 0 Å². The molecule has 0 aliphatic carbocycles. The van der Waals surface area contributed by atoms with Crippen LogP contribution in [0.25, 0.3) is 0 Å². The van der Waals surface area contributed by atoms with Gasteiger partial charge in [-0.15, -0.1) is 0 Å². The molecule has 2 heterocycles. The van der Waals surface area contributed by atoms with Crippen LogP contribution < -0.4 is 10.2 Å². The molecular weight excluding hydrogens is 330 g/mol. The summed E-state index contributed by atoms with van der Waals surface area (Å²) < 4.78 is 0. The lowest BCUT2D eigenvalue weighted by atomic mass is 9.89. The summed E-state index contributed by atoms with van der Waals surface area (Å²) in [7, 11) is 1.58. The second-order valence-electron chi connectivity index (χ2n) is 7.48. The molecule has 0 radical (unpaired) electrons. The van der Waals surface area contributed by atoms with E-state index in [0.29, 0.717) is 25.9 Å². The minimum atomic E-state index is -0.987. The minimum Gasteiger partial charge on any atom is -0.388 e. The normalized spacial score (nSPS) is 23.4. The fourth-order valence-corrected chi connectivity index (χ4v) is 4.11. The number of amides is 2. The van der Waals surface area contributed by atoms with Crippen LogP contribution in [0.2, 0.25) is 0 Å². The Morgan fingerprint density at radius 3 is 2.85 bits per heavy atom. The van der Waals surface area contributed by atoms with E-state index in [9.17, 15) is 14.7 Å². The minimum absolute atomic E-state index is 0.118. The largest absolute Gasteiger partial charge is 0.388 e. The Kier molecular flexibility index (Phi) is 5.94. The molecule has 2 N–H and O–H groups in total. The summed E-state index contributed by atoms with van der Waals surface area (Å²) in [6, 6.07) is 8.12. The number of rotatable bonds is 5. The van der Waals surface area contributed by atoms with Gasteiger partial charge >= 0.3 is 0 Å². The van der Waals surface area contributed by atoms with Crippen LogP contribution >= 0.6 is 0 Å². The number of piperidine rings is 1. The summed E-state index contributed by atoms with van der Waals surface area (Å²) in [5, 5.41) is 13.3. The maximum atomic E-state index is 12.8. The van der Waals surface area contributed by atoms with Crippen LogP contribution in [0.15, 0.2) is 24.3 Å². The highest BCUT2D eigenvalue weighted by Crippen LogP contribution is 2.28. The fraction of sp³-hybridized carbons (Fsp3) is 0.600. The molecule has 0 spiro atoms. The van der Waals surface area contributed by atoms with Gasteiger partial charge in [-0.1, -0.05) is 18.2 Å². The number of anilines is 1. The summed E-state index contributed by atoms with van der Waals surface area (Å²) in [6.07, 6.45) is 4.05. The maximum Gasteiger partial charge on any atom is 0.228 e. The molecule has 142 valence electrons. The van der Waals surface area contributed by atoms with E-state index in [2.05, 4.69) is 16.3 Å². The number of aryl methyl sites for hydroxylation is 1. The zero-order valence-corrected chi connectivity index (χ0v) is 15.5. The first-order valence-electron chi connectivity index (χ1n) is 9.54. The molecule has 6 heteroatoms. The van der Waals surface area contributed by atoms with Crippen LogP contribution in [0, 0.1) is 0 Å². The van der Waals surface area contributed by atoms with Crippen molar-refractivity contribution in [2.45, 2.75) is 44.1 Å². The summed E-state index contributed by atoms with van der Waals surface area (Å²) in [6.45, 7) is 2.70. The SMILES string of the molecule is CNC(=O)CC1(O)CCCN(CCC(=O)N2CCCc3ccccc32)C1. The molecule has 3 rings (SSSR count). The van der Waals surface area contributed by atoms with Gasteiger partial charge in [-0.05, 0) is 43.9 Å².